The van der Waals surface area contributed by atoms with Crippen molar-refractivity contribution in [3.8, 4) is 0 Å². The predicted molar refractivity (Wildman–Crippen MR) is 81.6 cm³/mol. The van der Waals surface area contributed by atoms with Crippen LogP contribution in [0.3, 0.4) is 0 Å². The number of aliphatic carboxylic acids is 1. The highest BCUT2D eigenvalue weighted by Crippen LogP contribution is 2.27. The molecule has 0 radical (unpaired) electrons. The maximum Gasteiger partial charge on any atom is 0.323 e. The molecule has 2 N–H and O–H groups in total. The first-order valence-corrected chi connectivity index (χ1v) is 7.97. The maximum atomic E-state index is 12.2. The van der Waals surface area contributed by atoms with E-state index in [1.165, 1.54) is 11.3 Å². The van der Waals surface area contributed by atoms with Crippen LogP contribution in [0.4, 0.5) is 9.93 Å². The number of nitrogens with one attached hydrogen (secondary N) is 1. The molecule has 1 aromatic rings. The molecule has 0 aromatic carbocycles. The van der Waals surface area contributed by atoms with Crippen molar-refractivity contribution in [2.24, 2.45) is 11.8 Å². The number of carboxylic acid groups (broad SMARTS) is 1. The van der Waals surface area contributed by atoms with E-state index < -0.39 is 5.97 Å². The van der Waals surface area contributed by atoms with Crippen LogP contribution in [-0.2, 0) is 4.79 Å². The van der Waals surface area contributed by atoms with Gasteiger partial charge in [0, 0.05) is 30.6 Å². The fraction of sp³-hybridized carbons (Fsp3) is 0.643. The predicted octanol–water partition coefficient (Wildman–Crippen LogP) is 2.81. The van der Waals surface area contributed by atoms with Gasteiger partial charge in [-0.05, 0) is 31.6 Å². The Bertz CT molecular complexity index is 517. The van der Waals surface area contributed by atoms with Crippen LogP contribution in [0.25, 0.3) is 0 Å². The van der Waals surface area contributed by atoms with Crippen LogP contribution in [0.5, 0.6) is 0 Å². The first kappa shape index (κ1) is 15.8. The number of likely N-dealkylation sites (tertiary alicyclic amines) is 1. The molecule has 1 aliphatic rings. The number of hydrogen-bond donors (Lipinski definition) is 2. The number of carboxylic acids is 1. The summed E-state index contributed by atoms with van der Waals surface area (Å²) in [6, 6.07) is -0.142. The summed E-state index contributed by atoms with van der Waals surface area (Å²) >= 11 is 1.45. The van der Waals surface area contributed by atoms with Crippen molar-refractivity contribution in [1.82, 2.24) is 9.88 Å². The highest BCUT2D eigenvalue weighted by Gasteiger charge is 2.28. The largest absolute Gasteiger partial charge is 0.481 e. The summed E-state index contributed by atoms with van der Waals surface area (Å²) in [5, 5.41) is 12.3. The van der Waals surface area contributed by atoms with Crippen molar-refractivity contribution in [2.75, 3.05) is 18.4 Å². The van der Waals surface area contributed by atoms with Gasteiger partial charge in [0.05, 0.1) is 0 Å². The van der Waals surface area contributed by atoms with E-state index in [2.05, 4.69) is 10.3 Å². The third-order valence-electron chi connectivity index (χ3n) is 3.88. The molecule has 116 valence electrons. The number of hydrogen-bond acceptors (Lipinski definition) is 4. The molecule has 0 bridgehead atoms. The van der Waals surface area contributed by atoms with Crippen LogP contribution in [0, 0.1) is 18.8 Å². The normalized spacial score (nSPS) is 20.1. The molecule has 2 heterocycles. The van der Waals surface area contributed by atoms with Crippen molar-refractivity contribution in [1.29, 1.82) is 0 Å². The van der Waals surface area contributed by atoms with Crippen molar-refractivity contribution < 1.29 is 14.7 Å². The van der Waals surface area contributed by atoms with Gasteiger partial charge in [0.2, 0.25) is 0 Å². The molecule has 2 amide bonds. The Labute approximate surface area is 128 Å². The third kappa shape index (κ3) is 4.42. The highest BCUT2D eigenvalue weighted by atomic mass is 32.1. The molecule has 21 heavy (non-hydrogen) atoms. The number of urea groups is 1. The van der Waals surface area contributed by atoms with Crippen molar-refractivity contribution >= 4 is 28.5 Å². The van der Waals surface area contributed by atoms with Gasteiger partial charge in [-0.15, -0.1) is 11.3 Å². The SMILES string of the molecule is Cc1cnc(NC(=O)N2CCCC(C(C)CC(=O)O)C2)s1. The first-order chi connectivity index (χ1) is 9.95. The minimum Gasteiger partial charge on any atom is -0.481 e. The number of piperidine rings is 1. The van der Waals surface area contributed by atoms with Gasteiger partial charge in [-0.2, -0.15) is 0 Å². The average Bonchev–Trinajstić information content (AvgIpc) is 2.83. The van der Waals surface area contributed by atoms with Gasteiger partial charge in [0.25, 0.3) is 0 Å². The minimum absolute atomic E-state index is 0.0835. The Morgan fingerprint density at radius 3 is 3.00 bits per heavy atom. The van der Waals surface area contributed by atoms with Crippen LogP contribution in [-0.4, -0.2) is 40.1 Å². The van der Waals surface area contributed by atoms with E-state index in [0.29, 0.717) is 18.2 Å². The van der Waals surface area contributed by atoms with Crippen LogP contribution >= 0.6 is 11.3 Å². The highest BCUT2D eigenvalue weighted by molar-refractivity contribution is 7.15. The summed E-state index contributed by atoms with van der Waals surface area (Å²) < 4.78 is 0. The van der Waals surface area contributed by atoms with E-state index in [1.54, 1.807) is 11.1 Å². The van der Waals surface area contributed by atoms with Gasteiger partial charge in [-0.1, -0.05) is 6.92 Å². The fourth-order valence-corrected chi connectivity index (χ4v) is 3.34. The number of amides is 2. The fourth-order valence-electron chi connectivity index (χ4n) is 2.68. The summed E-state index contributed by atoms with van der Waals surface area (Å²) in [5.41, 5.74) is 0. The molecule has 6 nitrogen and oxygen atoms in total. The number of rotatable bonds is 4. The lowest BCUT2D eigenvalue weighted by molar-refractivity contribution is -0.138. The molecule has 7 heteroatoms. The molecule has 0 aliphatic carbocycles. The van der Waals surface area contributed by atoms with Gasteiger partial charge in [-0.3, -0.25) is 10.1 Å². The van der Waals surface area contributed by atoms with E-state index >= 15 is 0 Å². The Balaban J connectivity index is 1.90. The summed E-state index contributed by atoms with van der Waals surface area (Å²) in [4.78, 5) is 30.0. The van der Waals surface area contributed by atoms with E-state index in [0.717, 1.165) is 17.7 Å². The lowest BCUT2D eigenvalue weighted by atomic mass is 9.85. The van der Waals surface area contributed by atoms with E-state index in [-0.39, 0.29) is 24.3 Å². The molecule has 1 aromatic heterocycles. The molecule has 0 saturated carbocycles. The second-order valence-electron chi connectivity index (χ2n) is 5.63. The van der Waals surface area contributed by atoms with Gasteiger partial charge in [0.15, 0.2) is 5.13 Å². The van der Waals surface area contributed by atoms with E-state index in [1.807, 2.05) is 13.8 Å². The summed E-state index contributed by atoms with van der Waals surface area (Å²) in [5.74, 6) is -0.443. The molecule has 2 unspecified atom stereocenters. The summed E-state index contributed by atoms with van der Waals surface area (Å²) in [6.45, 7) is 5.22. The Kier molecular flexibility index (Phi) is 5.17. The molecule has 1 aliphatic heterocycles. The monoisotopic (exact) mass is 311 g/mol. The number of carbonyl (C=O) groups excluding carboxylic acids is 1. The van der Waals surface area contributed by atoms with Crippen molar-refractivity contribution in [3.63, 3.8) is 0 Å². The zero-order valence-electron chi connectivity index (χ0n) is 12.3. The Morgan fingerprint density at radius 1 is 1.62 bits per heavy atom. The lowest BCUT2D eigenvalue weighted by Crippen LogP contribution is -2.44. The first-order valence-electron chi connectivity index (χ1n) is 7.16. The average molecular weight is 311 g/mol. The zero-order valence-corrected chi connectivity index (χ0v) is 13.2. The molecule has 1 saturated heterocycles. The number of aryl methyl sites for hydroxylation is 1. The van der Waals surface area contributed by atoms with Crippen molar-refractivity contribution in [2.45, 2.75) is 33.1 Å². The maximum absolute atomic E-state index is 12.2. The topological polar surface area (TPSA) is 82.5 Å². The van der Waals surface area contributed by atoms with Gasteiger partial charge in [0.1, 0.15) is 0 Å². The number of anilines is 1. The quantitative estimate of drug-likeness (QED) is 0.895. The van der Waals surface area contributed by atoms with Gasteiger partial charge >= 0.3 is 12.0 Å². The van der Waals surface area contributed by atoms with Crippen LogP contribution in [0.1, 0.15) is 31.1 Å². The second-order valence-corrected chi connectivity index (χ2v) is 6.86. The molecule has 2 atom stereocenters. The Hall–Kier alpha value is -1.63. The second kappa shape index (κ2) is 6.89. The third-order valence-corrected chi connectivity index (χ3v) is 4.71. The van der Waals surface area contributed by atoms with Crippen LogP contribution in [0.15, 0.2) is 6.20 Å². The van der Waals surface area contributed by atoms with E-state index in [9.17, 15) is 9.59 Å². The standard InChI is InChI=1S/C14H21N3O3S/c1-9(6-12(18)19)11-4-3-5-17(8-11)14(20)16-13-15-7-10(2)21-13/h7,9,11H,3-6,8H2,1-2H3,(H,18,19)(H,15,16,20). The number of thiazole rings is 1. The van der Waals surface area contributed by atoms with Crippen LogP contribution < -0.4 is 5.32 Å². The van der Waals surface area contributed by atoms with Gasteiger partial charge in [-0.25, -0.2) is 9.78 Å². The van der Waals surface area contributed by atoms with Crippen LogP contribution in [0.2, 0.25) is 0 Å². The minimum atomic E-state index is -0.776. The number of carbonyl (C=O) groups is 2. The molecule has 0 spiro atoms. The Morgan fingerprint density at radius 2 is 2.38 bits per heavy atom. The summed E-state index contributed by atoms with van der Waals surface area (Å²) in [6.07, 6.45) is 3.79. The lowest BCUT2D eigenvalue weighted by Gasteiger charge is -2.35. The summed E-state index contributed by atoms with van der Waals surface area (Å²) in [7, 11) is 0. The number of nitrogens with zero attached hydrogens (tertiary/aromatic N) is 2. The van der Waals surface area contributed by atoms with Crippen molar-refractivity contribution in [3.05, 3.63) is 11.1 Å². The van der Waals surface area contributed by atoms with Gasteiger partial charge < -0.3 is 10.0 Å². The van der Waals surface area contributed by atoms with E-state index in [4.69, 9.17) is 5.11 Å². The molecular weight excluding hydrogens is 290 g/mol. The zero-order chi connectivity index (χ0) is 15.4. The molecular formula is C14H21N3O3S. The molecule has 1 fully saturated rings. The smallest absolute Gasteiger partial charge is 0.323 e. The molecule has 2 rings (SSSR count). The number of aromatic nitrogens is 1.